The topological polar surface area (TPSA) is 78.9 Å². The number of carbonyl (C=O) groups is 3. The molecule has 0 aromatic heterocycles. The molecule has 0 aliphatic rings. The molecule has 0 fully saturated rings. The van der Waals surface area contributed by atoms with Crippen LogP contribution >= 0.6 is 0 Å². The van der Waals surface area contributed by atoms with Gasteiger partial charge in [0.05, 0.1) is 0 Å². The fourth-order valence-corrected chi connectivity index (χ4v) is 7.96. The second kappa shape index (κ2) is 45.9. The van der Waals surface area contributed by atoms with Crippen molar-refractivity contribution in [3.8, 4) is 0 Å². The van der Waals surface area contributed by atoms with E-state index in [1.807, 2.05) is 0 Å². The van der Waals surface area contributed by atoms with E-state index < -0.39 is 6.10 Å². The first kappa shape index (κ1) is 57.4. The lowest BCUT2D eigenvalue weighted by molar-refractivity contribution is -0.167. The summed E-state index contributed by atoms with van der Waals surface area (Å²) >= 11 is 0. The lowest BCUT2D eigenvalue weighted by atomic mass is 10.00. The van der Waals surface area contributed by atoms with E-state index in [1.165, 1.54) is 180 Å². The first-order valence-corrected chi connectivity index (χ1v) is 26.3. The molecule has 1 unspecified atom stereocenters. The molecule has 0 N–H and O–H groups in total. The van der Waals surface area contributed by atoms with E-state index in [9.17, 15) is 14.4 Å². The highest BCUT2D eigenvalue weighted by atomic mass is 16.6. The highest BCUT2D eigenvalue weighted by Gasteiger charge is 2.19. The molecule has 0 aromatic rings. The van der Waals surface area contributed by atoms with Crippen LogP contribution in [0.1, 0.15) is 291 Å². The van der Waals surface area contributed by atoms with E-state index in [0.29, 0.717) is 19.3 Å². The van der Waals surface area contributed by atoms with Gasteiger partial charge in [-0.2, -0.15) is 0 Å². The van der Waals surface area contributed by atoms with Gasteiger partial charge in [0.2, 0.25) is 0 Å². The maximum atomic E-state index is 12.7. The van der Waals surface area contributed by atoms with Gasteiger partial charge in [0.15, 0.2) is 6.10 Å². The van der Waals surface area contributed by atoms with Crippen LogP contribution in [0.2, 0.25) is 0 Å². The maximum absolute atomic E-state index is 12.7. The third-order valence-corrected chi connectivity index (χ3v) is 12.3. The standard InChI is InChI=1S/C53H102O6/c1-6-8-9-10-11-12-13-14-18-21-24-27-33-38-43-51(54)57-46-50(59-53(56)45-40-35-30-29-32-37-42-49(5)7-2)47-58-52(55)44-39-34-28-25-22-19-16-15-17-20-23-26-31-36-41-48(3)4/h48-50H,6-47H2,1-5H3/t49?,50-/m0/s1. The summed E-state index contributed by atoms with van der Waals surface area (Å²) in [7, 11) is 0. The molecule has 0 rings (SSSR count). The Labute approximate surface area is 368 Å². The molecule has 0 aromatic carbocycles. The van der Waals surface area contributed by atoms with Gasteiger partial charge in [-0.1, -0.05) is 253 Å². The third-order valence-electron chi connectivity index (χ3n) is 12.3. The first-order valence-electron chi connectivity index (χ1n) is 26.3. The molecule has 0 amide bonds. The Morgan fingerprint density at radius 1 is 0.356 bits per heavy atom. The van der Waals surface area contributed by atoms with E-state index in [4.69, 9.17) is 14.2 Å². The van der Waals surface area contributed by atoms with Crippen molar-refractivity contribution in [1.29, 1.82) is 0 Å². The van der Waals surface area contributed by atoms with E-state index in [1.54, 1.807) is 0 Å². The van der Waals surface area contributed by atoms with Gasteiger partial charge in [0, 0.05) is 19.3 Å². The van der Waals surface area contributed by atoms with Crippen LogP contribution in [0.5, 0.6) is 0 Å². The van der Waals surface area contributed by atoms with Crippen molar-refractivity contribution >= 4 is 17.9 Å². The summed E-state index contributed by atoms with van der Waals surface area (Å²) in [5, 5.41) is 0. The van der Waals surface area contributed by atoms with Crippen molar-refractivity contribution in [1.82, 2.24) is 0 Å². The molecule has 0 aliphatic carbocycles. The zero-order valence-electron chi connectivity index (χ0n) is 40.4. The van der Waals surface area contributed by atoms with Gasteiger partial charge in [-0.05, 0) is 31.1 Å². The smallest absolute Gasteiger partial charge is 0.306 e. The van der Waals surface area contributed by atoms with Gasteiger partial charge in [-0.25, -0.2) is 0 Å². The Balaban J connectivity index is 4.26. The average Bonchev–Trinajstić information content (AvgIpc) is 3.22. The molecular formula is C53H102O6. The molecule has 6 heteroatoms. The lowest BCUT2D eigenvalue weighted by Crippen LogP contribution is -2.30. The Bertz CT molecular complexity index is 902. The van der Waals surface area contributed by atoms with Crippen LogP contribution in [0.25, 0.3) is 0 Å². The van der Waals surface area contributed by atoms with E-state index in [0.717, 1.165) is 69.6 Å². The summed E-state index contributed by atoms with van der Waals surface area (Å²) < 4.78 is 16.8. The van der Waals surface area contributed by atoms with E-state index in [2.05, 4.69) is 34.6 Å². The number of unbranched alkanes of at least 4 members (excludes halogenated alkanes) is 31. The molecular weight excluding hydrogens is 733 g/mol. The summed E-state index contributed by atoms with van der Waals surface area (Å²) in [6.07, 6.45) is 46.6. The van der Waals surface area contributed by atoms with Crippen molar-refractivity contribution in [3.63, 3.8) is 0 Å². The normalized spacial score (nSPS) is 12.5. The molecule has 0 heterocycles. The van der Waals surface area contributed by atoms with Crippen LogP contribution in [-0.4, -0.2) is 37.2 Å². The number of carbonyl (C=O) groups excluding carboxylic acids is 3. The summed E-state index contributed by atoms with van der Waals surface area (Å²) in [6.45, 7) is 11.4. The molecule has 2 atom stereocenters. The second-order valence-electron chi connectivity index (χ2n) is 18.9. The fraction of sp³-hybridized carbons (Fsp3) is 0.943. The number of hydrogen-bond acceptors (Lipinski definition) is 6. The van der Waals surface area contributed by atoms with Crippen molar-refractivity contribution in [3.05, 3.63) is 0 Å². The second-order valence-corrected chi connectivity index (χ2v) is 18.9. The lowest BCUT2D eigenvalue weighted by Gasteiger charge is -2.18. The van der Waals surface area contributed by atoms with Crippen LogP contribution in [0.4, 0.5) is 0 Å². The third kappa shape index (κ3) is 45.8. The molecule has 0 saturated carbocycles. The quantitative estimate of drug-likeness (QED) is 0.0345. The largest absolute Gasteiger partial charge is 0.462 e. The van der Waals surface area contributed by atoms with E-state index in [-0.39, 0.29) is 31.1 Å². The monoisotopic (exact) mass is 835 g/mol. The summed E-state index contributed by atoms with van der Waals surface area (Å²) in [6, 6.07) is 0. The zero-order valence-corrected chi connectivity index (χ0v) is 40.4. The van der Waals surface area contributed by atoms with Crippen LogP contribution < -0.4 is 0 Å². The highest BCUT2D eigenvalue weighted by molar-refractivity contribution is 5.71. The molecule has 59 heavy (non-hydrogen) atoms. The first-order chi connectivity index (χ1) is 28.8. The number of ether oxygens (including phenoxy) is 3. The van der Waals surface area contributed by atoms with Gasteiger partial charge >= 0.3 is 17.9 Å². The molecule has 6 nitrogen and oxygen atoms in total. The molecule has 0 saturated heterocycles. The molecule has 0 bridgehead atoms. The number of rotatable bonds is 47. The van der Waals surface area contributed by atoms with Crippen molar-refractivity contribution in [2.45, 2.75) is 298 Å². The Hall–Kier alpha value is -1.59. The van der Waals surface area contributed by atoms with Crippen LogP contribution in [-0.2, 0) is 28.6 Å². The molecule has 0 radical (unpaired) electrons. The number of esters is 3. The van der Waals surface area contributed by atoms with Crippen molar-refractivity contribution in [2.24, 2.45) is 11.8 Å². The summed E-state index contributed by atoms with van der Waals surface area (Å²) in [5.41, 5.74) is 0. The molecule has 0 aliphatic heterocycles. The Kier molecular flexibility index (Phi) is 44.7. The minimum atomic E-state index is -0.762. The van der Waals surface area contributed by atoms with Gasteiger partial charge in [-0.3, -0.25) is 14.4 Å². The predicted molar refractivity (Wildman–Crippen MR) is 252 cm³/mol. The SMILES string of the molecule is CCCCCCCCCCCCCCCCC(=O)OC[C@@H](COC(=O)CCCCCCCCCCCCCCCCC(C)C)OC(=O)CCCCCCCCC(C)CC. The molecule has 350 valence electrons. The minimum Gasteiger partial charge on any atom is -0.462 e. The Morgan fingerprint density at radius 2 is 0.644 bits per heavy atom. The number of hydrogen-bond donors (Lipinski definition) is 0. The van der Waals surface area contributed by atoms with Gasteiger partial charge in [-0.15, -0.1) is 0 Å². The van der Waals surface area contributed by atoms with Crippen LogP contribution in [0.15, 0.2) is 0 Å². The highest BCUT2D eigenvalue weighted by Crippen LogP contribution is 2.18. The predicted octanol–water partition coefficient (Wildman–Crippen LogP) is 16.9. The minimum absolute atomic E-state index is 0.0644. The van der Waals surface area contributed by atoms with Crippen molar-refractivity contribution in [2.75, 3.05) is 13.2 Å². The van der Waals surface area contributed by atoms with Crippen LogP contribution in [0.3, 0.4) is 0 Å². The molecule has 0 spiro atoms. The van der Waals surface area contributed by atoms with Gasteiger partial charge in [0.25, 0.3) is 0 Å². The Morgan fingerprint density at radius 3 is 0.966 bits per heavy atom. The van der Waals surface area contributed by atoms with Crippen LogP contribution in [0, 0.1) is 11.8 Å². The van der Waals surface area contributed by atoms with Gasteiger partial charge in [0.1, 0.15) is 13.2 Å². The summed E-state index contributed by atoms with van der Waals surface area (Å²) in [5.74, 6) is 0.804. The fourth-order valence-electron chi connectivity index (χ4n) is 7.96. The summed E-state index contributed by atoms with van der Waals surface area (Å²) in [4.78, 5) is 37.9. The maximum Gasteiger partial charge on any atom is 0.306 e. The average molecular weight is 835 g/mol. The van der Waals surface area contributed by atoms with Gasteiger partial charge < -0.3 is 14.2 Å². The van der Waals surface area contributed by atoms with E-state index >= 15 is 0 Å². The zero-order chi connectivity index (χ0) is 43.3. The van der Waals surface area contributed by atoms with Crippen molar-refractivity contribution < 1.29 is 28.6 Å².